The number of piperazine rings is 1. The van der Waals surface area contributed by atoms with E-state index >= 15 is 0 Å². The number of para-hydroxylation sites is 1. The largest absolute Gasteiger partial charge is 0.507 e. The van der Waals surface area contributed by atoms with Crippen LogP contribution in [0.5, 0.6) is 11.5 Å². The second-order valence-electron chi connectivity index (χ2n) is 15.9. The maximum atomic E-state index is 14.2. The molecule has 0 bridgehead atoms. The van der Waals surface area contributed by atoms with Crippen molar-refractivity contribution in [3.63, 3.8) is 0 Å². The van der Waals surface area contributed by atoms with Crippen LogP contribution in [-0.4, -0.2) is 109 Å². The Morgan fingerprint density at radius 2 is 1.56 bits per heavy atom. The molecule has 0 saturated carbocycles. The van der Waals surface area contributed by atoms with E-state index in [4.69, 9.17) is 9.47 Å². The van der Waals surface area contributed by atoms with Crippen molar-refractivity contribution >= 4 is 35.8 Å². The van der Waals surface area contributed by atoms with Crippen molar-refractivity contribution in [1.29, 1.82) is 0 Å². The van der Waals surface area contributed by atoms with Gasteiger partial charge in [0.15, 0.2) is 6.10 Å². The number of likely N-dealkylation sites (tertiary alicyclic amines) is 1. The lowest BCUT2D eigenvalue weighted by molar-refractivity contribution is -0.141. The zero-order valence-electron chi connectivity index (χ0n) is 34.3. The normalized spacial score (nSPS) is 15.9. The highest BCUT2D eigenvalue weighted by atomic mass is 16.6. The fraction of sp³-hybridized carbons (Fsp3) is 0.404. The van der Waals surface area contributed by atoms with Crippen LogP contribution in [0.2, 0.25) is 0 Å². The highest BCUT2D eigenvalue weighted by Gasteiger charge is 2.34. The molecular weight excluding hydrogens is 747 g/mol. The standard InChI is InChI=1S/C47H55N5O7/c1-32-27-34(28-33(2)44(32)54)29-43(59-47(57)51-21-18-40(19-22-51)52(31-53)20-17-36-7-4-5-10-42(36)48-3)45(55)50-25-23-49(24-26-50)39-14-11-37(12-15-39)46(56)58-41-16-13-35-8-6-9-38(35)30-41/h4-5,7,10-16,27-28,30-31,40,43,48,54H,6,8-9,17-26,29H2,1-3H3/t43-/m1/s1. The highest BCUT2D eigenvalue weighted by Crippen LogP contribution is 2.28. The van der Waals surface area contributed by atoms with Crippen LogP contribution < -0.4 is 15.0 Å². The first-order valence-corrected chi connectivity index (χ1v) is 20.8. The van der Waals surface area contributed by atoms with Crippen LogP contribution in [-0.2, 0) is 40.0 Å². The maximum Gasteiger partial charge on any atom is 0.410 e. The van der Waals surface area contributed by atoms with Gasteiger partial charge in [0.25, 0.3) is 5.91 Å². The van der Waals surface area contributed by atoms with Crippen LogP contribution >= 0.6 is 0 Å². The summed E-state index contributed by atoms with van der Waals surface area (Å²) in [6.45, 7) is 6.97. The summed E-state index contributed by atoms with van der Waals surface area (Å²) >= 11 is 0. The number of amides is 3. The molecule has 2 fully saturated rings. The number of hydrogen-bond acceptors (Lipinski definition) is 9. The number of piperidine rings is 1. The number of phenolic OH excluding ortho intramolecular Hbond substituents is 1. The van der Waals surface area contributed by atoms with E-state index in [0.29, 0.717) is 87.5 Å². The third-order valence-electron chi connectivity index (χ3n) is 12.1. The molecule has 2 aliphatic heterocycles. The van der Waals surface area contributed by atoms with Crippen molar-refractivity contribution in [1.82, 2.24) is 14.7 Å². The number of hydrogen-bond donors (Lipinski definition) is 2. The minimum atomic E-state index is -1.06. The van der Waals surface area contributed by atoms with Crippen molar-refractivity contribution in [2.75, 3.05) is 63.1 Å². The molecule has 7 rings (SSSR count). The Morgan fingerprint density at radius 3 is 2.25 bits per heavy atom. The number of aromatic hydroxyl groups is 1. The van der Waals surface area contributed by atoms with Crippen LogP contribution in [0.1, 0.15) is 63.0 Å². The van der Waals surface area contributed by atoms with Gasteiger partial charge in [-0.3, -0.25) is 9.59 Å². The molecule has 3 aliphatic rings. The van der Waals surface area contributed by atoms with E-state index < -0.39 is 18.2 Å². The maximum absolute atomic E-state index is 14.2. The molecule has 1 atom stereocenters. The smallest absolute Gasteiger partial charge is 0.410 e. The predicted octanol–water partition coefficient (Wildman–Crippen LogP) is 6.32. The first-order chi connectivity index (χ1) is 28.6. The Kier molecular flexibility index (Phi) is 13.0. The quantitative estimate of drug-likeness (QED) is 0.0906. The van der Waals surface area contributed by atoms with Crippen LogP contribution in [0.3, 0.4) is 0 Å². The first-order valence-electron chi connectivity index (χ1n) is 20.8. The third-order valence-corrected chi connectivity index (χ3v) is 12.1. The number of nitrogens with zero attached hydrogens (tertiary/aromatic N) is 4. The van der Waals surface area contributed by atoms with Crippen molar-refractivity contribution < 1.29 is 33.8 Å². The minimum Gasteiger partial charge on any atom is -0.507 e. The lowest BCUT2D eigenvalue weighted by Gasteiger charge is -2.38. The van der Waals surface area contributed by atoms with Gasteiger partial charge < -0.3 is 39.5 Å². The molecule has 0 radical (unpaired) electrons. The molecule has 59 heavy (non-hydrogen) atoms. The monoisotopic (exact) mass is 801 g/mol. The van der Waals surface area contributed by atoms with Crippen LogP contribution in [0.4, 0.5) is 16.2 Å². The SMILES string of the molecule is CNc1ccccc1CCN(C=O)C1CCN(C(=O)O[C@H](Cc2cc(C)c(O)c(C)c2)C(=O)N2CCN(c3ccc(C(=O)Oc4ccc5c(c4)CCC5)cc3)CC2)CC1. The second-order valence-corrected chi connectivity index (χ2v) is 15.9. The van der Waals surface area contributed by atoms with E-state index in [2.05, 4.69) is 16.3 Å². The fourth-order valence-electron chi connectivity index (χ4n) is 8.66. The number of benzene rings is 4. The van der Waals surface area contributed by atoms with Crippen LogP contribution in [0.15, 0.2) is 78.9 Å². The van der Waals surface area contributed by atoms with E-state index in [0.717, 1.165) is 48.2 Å². The number of ether oxygens (including phenoxy) is 2. The summed E-state index contributed by atoms with van der Waals surface area (Å²) in [6, 6.07) is 24.9. The first kappa shape index (κ1) is 41.1. The Morgan fingerprint density at radius 1 is 0.864 bits per heavy atom. The minimum absolute atomic E-state index is 0.00482. The molecule has 3 amide bonds. The highest BCUT2D eigenvalue weighted by molar-refractivity contribution is 5.91. The number of rotatable bonds is 13. The summed E-state index contributed by atoms with van der Waals surface area (Å²) in [5.41, 5.74) is 8.30. The van der Waals surface area contributed by atoms with Gasteiger partial charge in [-0.2, -0.15) is 0 Å². The number of nitrogens with one attached hydrogen (secondary N) is 1. The van der Waals surface area contributed by atoms with E-state index in [1.165, 1.54) is 11.1 Å². The topological polar surface area (TPSA) is 132 Å². The van der Waals surface area contributed by atoms with Gasteiger partial charge in [-0.05, 0) is 128 Å². The lowest BCUT2D eigenvalue weighted by Crippen LogP contribution is -2.53. The van der Waals surface area contributed by atoms with Gasteiger partial charge >= 0.3 is 12.1 Å². The van der Waals surface area contributed by atoms with Gasteiger partial charge in [0.1, 0.15) is 11.5 Å². The summed E-state index contributed by atoms with van der Waals surface area (Å²) in [5, 5.41) is 13.6. The average Bonchev–Trinajstić information content (AvgIpc) is 3.74. The predicted molar refractivity (Wildman–Crippen MR) is 227 cm³/mol. The molecule has 4 aromatic carbocycles. The summed E-state index contributed by atoms with van der Waals surface area (Å²) in [5.74, 6) is 0.0886. The van der Waals surface area contributed by atoms with E-state index in [9.17, 15) is 24.3 Å². The molecular formula is C47H55N5O7. The van der Waals surface area contributed by atoms with Gasteiger partial charge in [0, 0.05) is 76.7 Å². The lowest BCUT2D eigenvalue weighted by atomic mass is 10.0. The number of esters is 1. The molecule has 2 saturated heterocycles. The van der Waals surface area contributed by atoms with Crippen LogP contribution in [0, 0.1) is 13.8 Å². The summed E-state index contributed by atoms with van der Waals surface area (Å²) in [6.07, 6.45) is 4.58. The Balaban J connectivity index is 0.950. The molecule has 2 N–H and O–H groups in total. The Bertz CT molecular complexity index is 2120. The summed E-state index contributed by atoms with van der Waals surface area (Å²) in [4.78, 5) is 60.4. The van der Waals surface area contributed by atoms with Crippen molar-refractivity contribution in [3.8, 4) is 11.5 Å². The van der Waals surface area contributed by atoms with Gasteiger partial charge in [0.2, 0.25) is 6.41 Å². The molecule has 12 heteroatoms. The zero-order chi connectivity index (χ0) is 41.5. The van der Waals surface area contributed by atoms with E-state index in [-0.39, 0.29) is 24.1 Å². The molecule has 1 aliphatic carbocycles. The molecule has 4 aromatic rings. The number of phenols is 1. The average molecular weight is 802 g/mol. The zero-order valence-corrected chi connectivity index (χ0v) is 34.3. The molecule has 0 aromatic heterocycles. The number of carbonyl (C=O) groups is 4. The third kappa shape index (κ3) is 9.81. The molecule has 0 spiro atoms. The number of aryl methyl sites for hydroxylation is 4. The van der Waals surface area contributed by atoms with Gasteiger partial charge in [-0.15, -0.1) is 0 Å². The van der Waals surface area contributed by atoms with Crippen molar-refractivity contribution in [2.45, 2.75) is 70.9 Å². The van der Waals surface area contributed by atoms with Gasteiger partial charge in [-0.25, -0.2) is 9.59 Å². The molecule has 0 unspecified atom stereocenters. The second kappa shape index (κ2) is 18.7. The van der Waals surface area contributed by atoms with E-state index in [1.54, 1.807) is 21.9 Å². The molecule has 2 heterocycles. The van der Waals surface area contributed by atoms with Crippen LogP contribution in [0.25, 0.3) is 0 Å². The van der Waals surface area contributed by atoms with Crippen molar-refractivity contribution in [2.24, 2.45) is 0 Å². The van der Waals surface area contributed by atoms with Gasteiger partial charge in [-0.1, -0.05) is 36.4 Å². The van der Waals surface area contributed by atoms with Gasteiger partial charge in [0.05, 0.1) is 5.56 Å². The molecule has 12 nitrogen and oxygen atoms in total. The number of anilines is 2. The summed E-state index contributed by atoms with van der Waals surface area (Å²) < 4.78 is 11.8. The number of fused-ring (bicyclic) bond motifs is 1. The molecule has 310 valence electrons. The Labute approximate surface area is 346 Å². The fourth-order valence-corrected chi connectivity index (χ4v) is 8.66. The Hall–Kier alpha value is -6.04. The van der Waals surface area contributed by atoms with Crippen molar-refractivity contribution in [3.05, 3.63) is 118 Å². The van der Waals surface area contributed by atoms with E-state index in [1.807, 2.05) is 86.5 Å². The summed E-state index contributed by atoms with van der Waals surface area (Å²) in [7, 11) is 1.88. The number of carbonyl (C=O) groups excluding carboxylic acids is 4.